The number of nitro groups is 1. The molecule has 0 fully saturated rings. The number of fused-ring (bicyclic) bond motifs is 2. The van der Waals surface area contributed by atoms with Crippen molar-refractivity contribution >= 4 is 17.5 Å². The lowest BCUT2D eigenvalue weighted by molar-refractivity contribution is -0.870. The number of unbranched alkanes of at least 4 members (excludes halogenated alkanes) is 9. The lowest BCUT2D eigenvalue weighted by Crippen LogP contribution is -2.59. The van der Waals surface area contributed by atoms with Gasteiger partial charge in [-0.1, -0.05) is 63.1 Å². The molecular formula is C33H48N3O3+. The van der Waals surface area contributed by atoms with Crippen LogP contribution in [-0.4, -0.2) is 49.4 Å². The summed E-state index contributed by atoms with van der Waals surface area (Å²) in [5, 5.41) is 11.3. The summed E-state index contributed by atoms with van der Waals surface area (Å²) in [4.78, 5) is 13.4. The molecule has 0 N–H and O–H groups in total. The van der Waals surface area contributed by atoms with Crippen LogP contribution in [0.25, 0.3) is 6.08 Å². The van der Waals surface area contributed by atoms with Crippen LogP contribution in [0.3, 0.4) is 0 Å². The minimum atomic E-state index is -0.661. The fraction of sp³-hybridized carbons (Fsp3) is 0.576. The highest BCUT2D eigenvalue weighted by atomic mass is 16.6. The molecule has 6 heteroatoms. The minimum absolute atomic E-state index is 0.0867. The summed E-state index contributed by atoms with van der Waals surface area (Å²) in [5.41, 5.74) is 2.40. The molecule has 1 spiro atoms. The summed E-state index contributed by atoms with van der Waals surface area (Å²) in [5.74, 6) is 0.700. The number of ether oxygens (including phenoxy) is 1. The molecule has 2 aliphatic rings. The molecule has 2 heterocycles. The van der Waals surface area contributed by atoms with E-state index in [1.807, 2.05) is 6.08 Å². The summed E-state index contributed by atoms with van der Waals surface area (Å²) in [6.07, 6.45) is 17.2. The largest absolute Gasteiger partial charge is 0.463 e. The standard InChI is InChI=1S/C33H48N3O3/c1-32(2)29-18-14-15-19-30(29)34(24-16-12-10-8-6-7-9-11-13-17-25-36(3,4)5)33(32)23-22-27-26-28(35(37)38)20-21-31(27)39-33/h14-15,18-23,26H,6-13,16-17,24-25H2,1-5H3/q+1. The van der Waals surface area contributed by atoms with E-state index in [1.165, 1.54) is 81.6 Å². The average molecular weight is 535 g/mol. The molecule has 0 saturated heterocycles. The monoisotopic (exact) mass is 534 g/mol. The number of benzene rings is 2. The Balaban J connectivity index is 1.31. The molecule has 4 rings (SSSR count). The second-order valence-corrected chi connectivity index (χ2v) is 13.0. The van der Waals surface area contributed by atoms with Crippen molar-refractivity contribution < 1.29 is 14.1 Å². The van der Waals surface area contributed by atoms with Gasteiger partial charge in [0, 0.05) is 29.9 Å². The number of hydrogen-bond donors (Lipinski definition) is 0. The van der Waals surface area contributed by atoms with Crippen molar-refractivity contribution in [2.45, 2.75) is 89.2 Å². The molecular weight excluding hydrogens is 486 g/mol. The van der Waals surface area contributed by atoms with E-state index in [9.17, 15) is 10.1 Å². The fourth-order valence-electron chi connectivity index (χ4n) is 6.26. The highest BCUT2D eigenvalue weighted by Gasteiger charge is 2.58. The zero-order valence-corrected chi connectivity index (χ0v) is 24.7. The van der Waals surface area contributed by atoms with Gasteiger partial charge in [0.05, 0.1) is 38.0 Å². The normalized spacial score (nSPS) is 19.2. The van der Waals surface area contributed by atoms with Gasteiger partial charge in [0.2, 0.25) is 5.72 Å². The molecule has 39 heavy (non-hydrogen) atoms. The molecule has 212 valence electrons. The van der Waals surface area contributed by atoms with Gasteiger partial charge >= 0.3 is 0 Å². The first-order valence-corrected chi connectivity index (χ1v) is 14.9. The van der Waals surface area contributed by atoms with Gasteiger partial charge in [-0.2, -0.15) is 0 Å². The molecule has 2 aromatic rings. The third-order valence-corrected chi connectivity index (χ3v) is 8.58. The van der Waals surface area contributed by atoms with Crippen LogP contribution in [-0.2, 0) is 5.41 Å². The maximum Gasteiger partial charge on any atom is 0.270 e. The van der Waals surface area contributed by atoms with Crippen molar-refractivity contribution in [2.75, 3.05) is 39.1 Å². The van der Waals surface area contributed by atoms with Crippen LogP contribution >= 0.6 is 0 Å². The van der Waals surface area contributed by atoms with Gasteiger partial charge in [0.15, 0.2) is 0 Å². The molecule has 2 aromatic carbocycles. The highest BCUT2D eigenvalue weighted by Crippen LogP contribution is 2.55. The molecule has 1 unspecified atom stereocenters. The maximum atomic E-state index is 11.3. The average Bonchev–Trinajstić information content (AvgIpc) is 3.06. The van der Waals surface area contributed by atoms with Crippen molar-refractivity contribution in [1.29, 1.82) is 0 Å². The van der Waals surface area contributed by atoms with Gasteiger partial charge in [-0.3, -0.25) is 10.1 Å². The molecule has 0 aromatic heterocycles. The lowest BCUT2D eigenvalue weighted by Gasteiger charge is -2.47. The van der Waals surface area contributed by atoms with Gasteiger partial charge < -0.3 is 14.1 Å². The van der Waals surface area contributed by atoms with E-state index in [0.29, 0.717) is 5.75 Å². The zero-order chi connectivity index (χ0) is 28.1. The number of quaternary nitrogens is 1. The van der Waals surface area contributed by atoms with E-state index in [-0.39, 0.29) is 16.0 Å². The van der Waals surface area contributed by atoms with Gasteiger partial charge in [-0.05, 0) is 63.0 Å². The smallest absolute Gasteiger partial charge is 0.270 e. The van der Waals surface area contributed by atoms with Crippen LogP contribution in [0.15, 0.2) is 48.5 Å². The summed E-state index contributed by atoms with van der Waals surface area (Å²) in [6.45, 7) is 6.68. The minimum Gasteiger partial charge on any atom is -0.463 e. The molecule has 0 bridgehead atoms. The summed E-state index contributed by atoms with van der Waals surface area (Å²) >= 11 is 0. The summed E-state index contributed by atoms with van der Waals surface area (Å²) in [6, 6.07) is 13.5. The van der Waals surface area contributed by atoms with Crippen LogP contribution in [0.5, 0.6) is 5.75 Å². The molecule has 0 amide bonds. The Bertz CT molecular complexity index is 1170. The second-order valence-electron chi connectivity index (χ2n) is 13.0. The maximum absolute atomic E-state index is 11.3. The van der Waals surface area contributed by atoms with E-state index >= 15 is 0 Å². The van der Waals surface area contributed by atoms with Crippen molar-refractivity contribution in [3.8, 4) is 5.75 Å². The predicted octanol–water partition coefficient (Wildman–Crippen LogP) is 8.10. The molecule has 0 radical (unpaired) electrons. The fourth-order valence-corrected chi connectivity index (χ4v) is 6.26. The number of nitrogens with zero attached hydrogens (tertiary/aromatic N) is 3. The SMILES string of the molecule is CC1(C)c2ccccc2N(CCCCCCCCCCCC[N+](C)(C)C)C12C=Cc1cc([N+](=O)[O-])ccc1O2. The third kappa shape index (κ3) is 6.49. The Kier molecular flexibility index (Phi) is 9.05. The second kappa shape index (κ2) is 12.1. The van der Waals surface area contributed by atoms with E-state index < -0.39 is 5.72 Å². The van der Waals surface area contributed by atoms with Gasteiger partial charge in [-0.25, -0.2) is 0 Å². The predicted molar refractivity (Wildman–Crippen MR) is 161 cm³/mol. The zero-order valence-electron chi connectivity index (χ0n) is 24.7. The van der Waals surface area contributed by atoms with Gasteiger partial charge in [-0.15, -0.1) is 0 Å². The quantitative estimate of drug-likeness (QED) is 0.106. The summed E-state index contributed by atoms with van der Waals surface area (Å²) < 4.78 is 7.88. The number of para-hydroxylation sites is 1. The molecule has 6 nitrogen and oxygen atoms in total. The van der Waals surface area contributed by atoms with Crippen LogP contribution in [0.4, 0.5) is 11.4 Å². The number of hydrogen-bond acceptors (Lipinski definition) is 4. The Morgan fingerprint density at radius 2 is 1.49 bits per heavy atom. The molecule has 0 saturated carbocycles. The van der Waals surface area contributed by atoms with Crippen molar-refractivity contribution in [2.24, 2.45) is 0 Å². The van der Waals surface area contributed by atoms with E-state index in [0.717, 1.165) is 23.0 Å². The first kappa shape index (κ1) is 29.1. The topological polar surface area (TPSA) is 55.6 Å². The Morgan fingerprint density at radius 1 is 0.872 bits per heavy atom. The van der Waals surface area contributed by atoms with Crippen LogP contribution < -0.4 is 9.64 Å². The third-order valence-electron chi connectivity index (χ3n) is 8.58. The van der Waals surface area contributed by atoms with Gasteiger partial charge in [0.25, 0.3) is 5.69 Å². The Labute approximate surface area is 235 Å². The molecule has 2 aliphatic heterocycles. The Morgan fingerprint density at radius 3 is 2.13 bits per heavy atom. The van der Waals surface area contributed by atoms with Crippen LogP contribution in [0.2, 0.25) is 0 Å². The number of nitro benzene ring substituents is 1. The summed E-state index contributed by atoms with van der Waals surface area (Å²) in [7, 11) is 6.82. The first-order chi connectivity index (χ1) is 18.6. The van der Waals surface area contributed by atoms with E-state index in [4.69, 9.17) is 4.74 Å². The Hall–Kier alpha value is -2.86. The van der Waals surface area contributed by atoms with Crippen LogP contribution in [0, 0.1) is 10.1 Å². The van der Waals surface area contributed by atoms with Crippen LogP contribution in [0.1, 0.15) is 89.2 Å². The number of anilines is 1. The molecule has 1 atom stereocenters. The van der Waals surface area contributed by atoms with E-state index in [2.05, 4.69) is 70.2 Å². The first-order valence-electron chi connectivity index (χ1n) is 14.9. The van der Waals surface area contributed by atoms with E-state index in [1.54, 1.807) is 12.1 Å². The van der Waals surface area contributed by atoms with Crippen molar-refractivity contribution in [1.82, 2.24) is 0 Å². The highest BCUT2D eigenvalue weighted by molar-refractivity contribution is 5.73. The van der Waals surface area contributed by atoms with Crippen molar-refractivity contribution in [3.05, 3.63) is 69.8 Å². The number of non-ortho nitro benzene ring substituents is 1. The lowest BCUT2D eigenvalue weighted by atomic mass is 9.76. The van der Waals surface area contributed by atoms with Crippen molar-refractivity contribution in [3.63, 3.8) is 0 Å². The number of rotatable bonds is 14. The van der Waals surface area contributed by atoms with Gasteiger partial charge in [0.1, 0.15) is 5.75 Å². The molecule has 0 aliphatic carbocycles.